The molecule has 1 unspecified atom stereocenters. The zero-order valence-corrected chi connectivity index (χ0v) is 10.7. The minimum Gasteiger partial charge on any atom is -0.391 e. The van der Waals surface area contributed by atoms with Gasteiger partial charge in [-0.1, -0.05) is 18.6 Å². The van der Waals surface area contributed by atoms with Gasteiger partial charge in [-0.25, -0.2) is 4.68 Å². The van der Waals surface area contributed by atoms with Crippen LogP contribution in [0.2, 0.25) is 0 Å². The second-order valence-electron chi connectivity index (χ2n) is 4.86. The molecule has 0 aromatic carbocycles. The fraction of sp³-hybridized carbons (Fsp3) is 0.750. The molecule has 1 aliphatic carbocycles. The molecular weight excluding hydrogens is 232 g/mol. The van der Waals surface area contributed by atoms with Crippen molar-refractivity contribution in [2.24, 2.45) is 0 Å². The Kier molecular flexibility index (Phi) is 4.30. The van der Waals surface area contributed by atoms with E-state index in [4.69, 9.17) is 0 Å². The quantitative estimate of drug-likeness (QED) is 0.737. The molecule has 0 aliphatic heterocycles. The smallest absolute Gasteiger partial charge is 0.241 e. The van der Waals surface area contributed by atoms with Crippen LogP contribution in [0.1, 0.15) is 44.2 Å². The molecule has 1 atom stereocenters. The largest absolute Gasteiger partial charge is 0.391 e. The first-order chi connectivity index (χ1) is 8.69. The van der Waals surface area contributed by atoms with Crippen LogP contribution in [0.25, 0.3) is 0 Å². The Morgan fingerprint density at radius 1 is 1.67 bits per heavy atom. The van der Waals surface area contributed by atoms with Crippen LogP contribution in [0.15, 0.2) is 6.20 Å². The SMILES string of the molecule is CCCC(O)CNC(=O)Cn1cc(C2CC2)nn1. The van der Waals surface area contributed by atoms with Crippen LogP contribution in [0.4, 0.5) is 0 Å². The van der Waals surface area contributed by atoms with Crippen LogP contribution < -0.4 is 5.32 Å². The standard InChI is InChI=1S/C12H20N4O2/c1-2-3-10(17)6-13-12(18)8-16-7-11(14-15-16)9-4-5-9/h7,9-10,17H,2-6,8H2,1H3,(H,13,18). The highest BCUT2D eigenvalue weighted by Crippen LogP contribution is 2.38. The summed E-state index contributed by atoms with van der Waals surface area (Å²) in [7, 11) is 0. The molecule has 1 saturated carbocycles. The van der Waals surface area contributed by atoms with Gasteiger partial charge >= 0.3 is 0 Å². The second kappa shape index (κ2) is 5.95. The van der Waals surface area contributed by atoms with Crippen molar-refractivity contribution in [1.82, 2.24) is 20.3 Å². The maximum Gasteiger partial charge on any atom is 0.241 e. The molecule has 1 aromatic heterocycles. The van der Waals surface area contributed by atoms with Crippen LogP contribution >= 0.6 is 0 Å². The number of hydrogen-bond donors (Lipinski definition) is 2. The van der Waals surface area contributed by atoms with E-state index >= 15 is 0 Å². The van der Waals surface area contributed by atoms with E-state index in [2.05, 4.69) is 15.6 Å². The molecule has 0 saturated heterocycles. The number of aliphatic hydroxyl groups excluding tert-OH is 1. The number of aromatic nitrogens is 3. The topological polar surface area (TPSA) is 80.0 Å². The highest BCUT2D eigenvalue weighted by Gasteiger charge is 2.26. The first-order valence-corrected chi connectivity index (χ1v) is 6.53. The molecule has 1 aromatic rings. The van der Waals surface area contributed by atoms with E-state index in [0.29, 0.717) is 18.9 Å². The molecule has 2 N–H and O–H groups in total. The zero-order valence-electron chi connectivity index (χ0n) is 10.7. The molecule has 18 heavy (non-hydrogen) atoms. The molecule has 0 bridgehead atoms. The Hall–Kier alpha value is -1.43. The number of carbonyl (C=O) groups is 1. The molecule has 0 spiro atoms. The maximum atomic E-state index is 11.6. The Morgan fingerprint density at radius 2 is 2.44 bits per heavy atom. The van der Waals surface area contributed by atoms with Crippen molar-refractivity contribution in [1.29, 1.82) is 0 Å². The lowest BCUT2D eigenvalue weighted by atomic mass is 10.2. The average molecular weight is 252 g/mol. The molecule has 1 fully saturated rings. The van der Waals surface area contributed by atoms with E-state index < -0.39 is 6.10 Å². The number of amides is 1. The number of nitrogens with one attached hydrogen (secondary N) is 1. The van der Waals surface area contributed by atoms with Gasteiger partial charge in [-0.2, -0.15) is 0 Å². The lowest BCUT2D eigenvalue weighted by Gasteiger charge is -2.10. The predicted octanol–water partition coefficient (Wildman–Crippen LogP) is 0.433. The number of aliphatic hydroxyl groups is 1. The molecule has 2 rings (SSSR count). The molecule has 1 heterocycles. The van der Waals surface area contributed by atoms with Gasteiger partial charge in [-0.3, -0.25) is 4.79 Å². The van der Waals surface area contributed by atoms with Crippen molar-refractivity contribution < 1.29 is 9.90 Å². The van der Waals surface area contributed by atoms with Crippen LogP contribution in [0.3, 0.4) is 0 Å². The number of carbonyl (C=O) groups excluding carboxylic acids is 1. The summed E-state index contributed by atoms with van der Waals surface area (Å²) in [5.74, 6) is 0.408. The van der Waals surface area contributed by atoms with E-state index in [1.54, 1.807) is 4.68 Å². The summed E-state index contributed by atoms with van der Waals surface area (Å²) in [6.45, 7) is 2.47. The van der Waals surface area contributed by atoms with Crippen LogP contribution in [-0.4, -0.2) is 38.7 Å². The van der Waals surface area contributed by atoms with Gasteiger partial charge in [0.1, 0.15) is 6.54 Å². The van der Waals surface area contributed by atoms with Crippen LogP contribution in [0, 0.1) is 0 Å². The van der Waals surface area contributed by atoms with E-state index in [-0.39, 0.29) is 12.5 Å². The van der Waals surface area contributed by atoms with Crippen molar-refractivity contribution in [2.75, 3.05) is 6.54 Å². The molecule has 1 amide bonds. The van der Waals surface area contributed by atoms with Gasteiger partial charge in [0.2, 0.25) is 5.91 Å². The summed E-state index contributed by atoms with van der Waals surface area (Å²) < 4.78 is 1.55. The average Bonchev–Trinajstić information content (AvgIpc) is 3.09. The Bertz CT molecular complexity index is 401. The van der Waals surface area contributed by atoms with Gasteiger partial charge in [-0.15, -0.1) is 5.10 Å². The lowest BCUT2D eigenvalue weighted by Crippen LogP contribution is -2.34. The zero-order chi connectivity index (χ0) is 13.0. The minimum absolute atomic E-state index is 0.141. The summed E-state index contributed by atoms with van der Waals surface area (Å²) in [6.07, 6.45) is 5.33. The molecule has 6 nitrogen and oxygen atoms in total. The third kappa shape index (κ3) is 3.80. The second-order valence-corrected chi connectivity index (χ2v) is 4.86. The Labute approximate surface area is 106 Å². The third-order valence-electron chi connectivity index (χ3n) is 3.01. The minimum atomic E-state index is -0.461. The third-order valence-corrected chi connectivity index (χ3v) is 3.01. The van der Waals surface area contributed by atoms with Crippen LogP contribution in [-0.2, 0) is 11.3 Å². The number of hydrogen-bond acceptors (Lipinski definition) is 4. The number of rotatable bonds is 7. The van der Waals surface area contributed by atoms with Crippen LogP contribution in [0.5, 0.6) is 0 Å². The lowest BCUT2D eigenvalue weighted by molar-refractivity contribution is -0.122. The molecule has 1 aliphatic rings. The van der Waals surface area contributed by atoms with Gasteiger partial charge in [-0.05, 0) is 19.3 Å². The molecule has 100 valence electrons. The summed E-state index contributed by atoms with van der Waals surface area (Å²) in [4.78, 5) is 11.6. The van der Waals surface area contributed by atoms with Gasteiger partial charge in [0, 0.05) is 18.7 Å². The summed E-state index contributed by atoms with van der Waals surface area (Å²) in [5.41, 5.74) is 0.980. The van der Waals surface area contributed by atoms with Gasteiger partial charge < -0.3 is 10.4 Å². The highest BCUT2D eigenvalue weighted by molar-refractivity contribution is 5.75. The fourth-order valence-electron chi connectivity index (χ4n) is 1.83. The van der Waals surface area contributed by atoms with E-state index in [1.807, 2.05) is 13.1 Å². The van der Waals surface area contributed by atoms with Crippen molar-refractivity contribution in [2.45, 2.75) is 51.2 Å². The predicted molar refractivity (Wildman–Crippen MR) is 65.9 cm³/mol. The first kappa shape index (κ1) is 13.0. The van der Waals surface area contributed by atoms with Gasteiger partial charge in [0.15, 0.2) is 0 Å². The normalized spacial score (nSPS) is 16.6. The van der Waals surface area contributed by atoms with E-state index in [0.717, 1.165) is 12.1 Å². The van der Waals surface area contributed by atoms with Crippen molar-refractivity contribution >= 4 is 5.91 Å². The number of nitrogens with zero attached hydrogens (tertiary/aromatic N) is 3. The van der Waals surface area contributed by atoms with Gasteiger partial charge in [0.25, 0.3) is 0 Å². The Morgan fingerprint density at radius 3 is 3.11 bits per heavy atom. The Balaban J connectivity index is 1.72. The van der Waals surface area contributed by atoms with Crippen molar-refractivity contribution in [3.05, 3.63) is 11.9 Å². The molecular formula is C12H20N4O2. The first-order valence-electron chi connectivity index (χ1n) is 6.53. The summed E-state index contributed by atoms with van der Waals surface area (Å²) in [5, 5.41) is 20.2. The molecule has 6 heteroatoms. The van der Waals surface area contributed by atoms with Crippen molar-refractivity contribution in [3.8, 4) is 0 Å². The van der Waals surface area contributed by atoms with E-state index in [9.17, 15) is 9.90 Å². The fourth-order valence-corrected chi connectivity index (χ4v) is 1.83. The van der Waals surface area contributed by atoms with Gasteiger partial charge in [0.05, 0.1) is 11.8 Å². The molecule has 0 radical (unpaired) electrons. The summed E-state index contributed by atoms with van der Waals surface area (Å²) >= 11 is 0. The maximum absolute atomic E-state index is 11.6. The van der Waals surface area contributed by atoms with E-state index in [1.165, 1.54) is 12.8 Å². The highest BCUT2D eigenvalue weighted by atomic mass is 16.3. The monoisotopic (exact) mass is 252 g/mol. The van der Waals surface area contributed by atoms with Crippen molar-refractivity contribution in [3.63, 3.8) is 0 Å². The summed E-state index contributed by atoms with van der Waals surface area (Å²) in [6, 6.07) is 0.